The van der Waals surface area contributed by atoms with Gasteiger partial charge < -0.3 is 4.90 Å². The molecule has 1 aromatic heterocycles. The van der Waals surface area contributed by atoms with E-state index in [-0.39, 0.29) is 0 Å². The second-order valence-corrected chi connectivity index (χ2v) is 6.99. The topological polar surface area (TPSA) is 33.4 Å². The van der Waals surface area contributed by atoms with Crippen LogP contribution in [0.25, 0.3) is 11.3 Å². The summed E-state index contributed by atoms with van der Waals surface area (Å²) in [5, 5.41) is 5.23. The van der Waals surface area contributed by atoms with E-state index < -0.39 is 0 Å². The molecule has 0 saturated carbocycles. The molecule has 24 heavy (non-hydrogen) atoms. The summed E-state index contributed by atoms with van der Waals surface area (Å²) in [6.07, 6.45) is 5.67. The minimum Gasteiger partial charge on any atom is -0.371 e. The number of aromatic nitrogens is 2. The Morgan fingerprint density at radius 1 is 1.25 bits per heavy atom. The molecule has 1 saturated heterocycles. The molecule has 0 spiro atoms. The van der Waals surface area contributed by atoms with Gasteiger partial charge in [-0.15, -0.1) is 0 Å². The van der Waals surface area contributed by atoms with Gasteiger partial charge in [-0.1, -0.05) is 11.6 Å². The normalized spacial score (nSPS) is 14.9. The first kappa shape index (κ1) is 17.0. The molecule has 1 aliphatic heterocycles. The molecule has 0 radical (unpaired) electrons. The SMILES string of the molecule is C=NCc1c(N2CCCCC2)cc(Cl)c(C)c1-c1c(C)cnn1C. The van der Waals surface area contributed by atoms with E-state index in [2.05, 4.69) is 41.6 Å². The highest BCUT2D eigenvalue weighted by atomic mass is 35.5. The zero-order valence-corrected chi connectivity index (χ0v) is 15.5. The van der Waals surface area contributed by atoms with Gasteiger partial charge in [0, 0.05) is 42.0 Å². The number of hydrogen-bond acceptors (Lipinski definition) is 3. The van der Waals surface area contributed by atoms with Gasteiger partial charge in [-0.05, 0) is 57.0 Å². The van der Waals surface area contributed by atoms with Gasteiger partial charge in [0.25, 0.3) is 0 Å². The summed E-state index contributed by atoms with van der Waals surface area (Å²) in [6.45, 7) is 10.6. The number of anilines is 1. The summed E-state index contributed by atoms with van der Waals surface area (Å²) in [4.78, 5) is 6.66. The van der Waals surface area contributed by atoms with Crippen molar-refractivity contribution in [3.63, 3.8) is 0 Å². The first-order chi connectivity index (χ1) is 11.5. The van der Waals surface area contributed by atoms with Gasteiger partial charge in [0.2, 0.25) is 0 Å². The van der Waals surface area contributed by atoms with Crippen LogP contribution in [0.2, 0.25) is 5.02 Å². The number of nitrogens with zero attached hydrogens (tertiary/aromatic N) is 4. The predicted molar refractivity (Wildman–Crippen MR) is 102 cm³/mol. The minimum absolute atomic E-state index is 0.587. The average molecular weight is 345 g/mol. The van der Waals surface area contributed by atoms with Gasteiger partial charge in [-0.25, -0.2) is 0 Å². The van der Waals surface area contributed by atoms with Crippen LogP contribution in [0.4, 0.5) is 5.69 Å². The van der Waals surface area contributed by atoms with Crippen LogP contribution < -0.4 is 4.90 Å². The summed E-state index contributed by atoms with van der Waals surface area (Å²) in [7, 11) is 1.98. The number of halogens is 1. The monoisotopic (exact) mass is 344 g/mol. The van der Waals surface area contributed by atoms with Gasteiger partial charge in [-0.2, -0.15) is 5.10 Å². The van der Waals surface area contributed by atoms with Crippen molar-refractivity contribution in [2.75, 3.05) is 18.0 Å². The molecule has 4 nitrogen and oxygen atoms in total. The summed E-state index contributed by atoms with van der Waals surface area (Å²) in [5.74, 6) is 0. The fourth-order valence-corrected chi connectivity index (χ4v) is 3.90. The minimum atomic E-state index is 0.587. The van der Waals surface area contributed by atoms with Crippen LogP contribution in [0, 0.1) is 13.8 Å². The predicted octanol–water partition coefficient (Wildman–Crippen LogP) is 4.55. The van der Waals surface area contributed by atoms with Crippen LogP contribution in [-0.4, -0.2) is 29.6 Å². The number of rotatable bonds is 4. The summed E-state index contributed by atoms with van der Waals surface area (Å²) in [6, 6.07) is 2.11. The lowest BCUT2D eigenvalue weighted by Crippen LogP contribution is -2.30. The molecule has 0 unspecified atom stereocenters. The number of hydrogen-bond donors (Lipinski definition) is 0. The fourth-order valence-electron chi connectivity index (χ4n) is 3.70. The van der Waals surface area contributed by atoms with Crippen molar-refractivity contribution in [3.05, 3.63) is 34.0 Å². The average Bonchev–Trinajstić information content (AvgIpc) is 2.91. The quantitative estimate of drug-likeness (QED) is 0.762. The molecule has 0 N–H and O–H groups in total. The van der Waals surface area contributed by atoms with Gasteiger partial charge in [0.15, 0.2) is 0 Å². The van der Waals surface area contributed by atoms with Gasteiger partial charge in [-0.3, -0.25) is 9.67 Å². The highest BCUT2D eigenvalue weighted by molar-refractivity contribution is 6.32. The molecule has 0 bridgehead atoms. The molecule has 3 rings (SSSR count). The molecule has 1 aromatic carbocycles. The molecule has 1 aliphatic rings. The highest BCUT2D eigenvalue weighted by Crippen LogP contribution is 2.40. The standard InChI is InChI=1S/C19H25ClN4/c1-13-11-22-23(4)19(13)18-14(2)16(20)10-17(15(18)12-21-3)24-8-6-5-7-9-24/h10-11H,3,5-9,12H2,1-2,4H3. The molecule has 2 heterocycles. The second kappa shape index (κ2) is 6.98. The molecule has 128 valence electrons. The van der Waals surface area contributed by atoms with Crippen molar-refractivity contribution in [2.24, 2.45) is 12.0 Å². The van der Waals surface area contributed by atoms with Crippen molar-refractivity contribution in [1.82, 2.24) is 9.78 Å². The molecular formula is C19H25ClN4. The maximum Gasteiger partial charge on any atom is 0.0715 e. The van der Waals surface area contributed by atoms with Crippen molar-refractivity contribution in [2.45, 2.75) is 39.7 Å². The Balaban J connectivity index is 2.26. The van der Waals surface area contributed by atoms with E-state index in [1.54, 1.807) is 0 Å². The van der Waals surface area contributed by atoms with Crippen LogP contribution in [0.1, 0.15) is 36.0 Å². The van der Waals surface area contributed by atoms with Crippen molar-refractivity contribution < 1.29 is 0 Å². The van der Waals surface area contributed by atoms with E-state index in [0.29, 0.717) is 6.54 Å². The van der Waals surface area contributed by atoms with E-state index >= 15 is 0 Å². The first-order valence-electron chi connectivity index (χ1n) is 8.53. The van der Waals surface area contributed by atoms with Gasteiger partial charge in [0.05, 0.1) is 18.4 Å². The molecule has 0 atom stereocenters. The Hall–Kier alpha value is -1.81. The number of aliphatic imine (C=N–C) groups is 1. The van der Waals surface area contributed by atoms with E-state index in [0.717, 1.165) is 40.5 Å². The number of piperidine rings is 1. The lowest BCUT2D eigenvalue weighted by Gasteiger charge is -2.32. The van der Waals surface area contributed by atoms with Crippen LogP contribution in [0.5, 0.6) is 0 Å². The summed E-state index contributed by atoms with van der Waals surface area (Å²) >= 11 is 6.63. The molecule has 1 fully saturated rings. The Morgan fingerprint density at radius 3 is 2.54 bits per heavy atom. The fraction of sp³-hybridized carbons (Fsp3) is 0.474. The third kappa shape index (κ3) is 2.95. The van der Waals surface area contributed by atoms with Crippen LogP contribution in [0.3, 0.4) is 0 Å². The lowest BCUT2D eigenvalue weighted by molar-refractivity contribution is 0.576. The molecule has 2 aromatic rings. The van der Waals surface area contributed by atoms with Gasteiger partial charge in [0.1, 0.15) is 0 Å². The van der Waals surface area contributed by atoms with Crippen LogP contribution >= 0.6 is 11.6 Å². The maximum absolute atomic E-state index is 6.63. The molecule has 0 aliphatic carbocycles. The van der Waals surface area contributed by atoms with E-state index in [1.165, 1.54) is 30.5 Å². The first-order valence-corrected chi connectivity index (χ1v) is 8.90. The number of aryl methyl sites for hydroxylation is 2. The highest BCUT2D eigenvalue weighted by Gasteiger charge is 2.23. The lowest BCUT2D eigenvalue weighted by atomic mass is 9.94. The van der Waals surface area contributed by atoms with Crippen molar-refractivity contribution in [3.8, 4) is 11.3 Å². The van der Waals surface area contributed by atoms with Crippen molar-refractivity contribution in [1.29, 1.82) is 0 Å². The van der Waals surface area contributed by atoms with Crippen LogP contribution in [-0.2, 0) is 13.6 Å². The molecule has 5 heteroatoms. The van der Waals surface area contributed by atoms with Crippen molar-refractivity contribution >= 4 is 24.0 Å². The van der Waals surface area contributed by atoms with E-state index in [9.17, 15) is 0 Å². The number of benzene rings is 1. The largest absolute Gasteiger partial charge is 0.371 e. The third-order valence-electron chi connectivity index (χ3n) is 4.93. The molecular weight excluding hydrogens is 320 g/mol. The van der Waals surface area contributed by atoms with Gasteiger partial charge >= 0.3 is 0 Å². The Bertz CT molecular complexity index is 738. The van der Waals surface area contributed by atoms with E-state index in [4.69, 9.17) is 11.6 Å². The second-order valence-electron chi connectivity index (χ2n) is 6.59. The Kier molecular flexibility index (Phi) is 4.95. The van der Waals surface area contributed by atoms with Crippen LogP contribution in [0.15, 0.2) is 17.3 Å². The maximum atomic E-state index is 6.63. The zero-order valence-electron chi connectivity index (χ0n) is 14.8. The summed E-state index contributed by atoms with van der Waals surface area (Å²) in [5.41, 5.74) is 6.93. The zero-order chi connectivity index (χ0) is 17.3. The third-order valence-corrected chi connectivity index (χ3v) is 5.33. The smallest absolute Gasteiger partial charge is 0.0715 e. The molecule has 0 amide bonds. The van der Waals surface area contributed by atoms with E-state index in [1.807, 2.05) is 17.9 Å². The Morgan fingerprint density at radius 2 is 1.96 bits per heavy atom. The summed E-state index contributed by atoms with van der Waals surface area (Å²) < 4.78 is 1.93. The Labute approximate surface area is 149 Å².